The van der Waals surface area contributed by atoms with E-state index in [0.29, 0.717) is 6.42 Å². The van der Waals surface area contributed by atoms with Crippen molar-refractivity contribution in [2.75, 3.05) is 17.3 Å². The summed E-state index contributed by atoms with van der Waals surface area (Å²) < 4.78 is 0. The van der Waals surface area contributed by atoms with Crippen molar-refractivity contribution in [3.63, 3.8) is 0 Å². The summed E-state index contributed by atoms with van der Waals surface area (Å²) in [5.74, 6) is 0.258. The van der Waals surface area contributed by atoms with E-state index >= 15 is 0 Å². The van der Waals surface area contributed by atoms with Gasteiger partial charge in [-0.15, -0.1) is 0 Å². The standard InChI is InChI=1S/C23H26N2O/c1-15-9-11-16(12-10-15)22-21-18(13-23(2,3)14-20(21)26)24-17-7-5-6-8-19(17)25(22)4/h5-12,22,24H,13-14H2,1-4H3. The number of para-hydroxylation sites is 2. The Morgan fingerprint density at radius 1 is 1.04 bits per heavy atom. The second kappa shape index (κ2) is 6.01. The van der Waals surface area contributed by atoms with Gasteiger partial charge < -0.3 is 10.2 Å². The van der Waals surface area contributed by atoms with Gasteiger partial charge in [-0.25, -0.2) is 0 Å². The fraction of sp³-hybridized carbons (Fsp3) is 0.348. The minimum absolute atomic E-state index is 0.0153. The van der Waals surface area contributed by atoms with Crippen molar-refractivity contribution < 1.29 is 4.79 Å². The molecule has 2 aromatic rings. The smallest absolute Gasteiger partial charge is 0.163 e. The zero-order valence-corrected chi connectivity index (χ0v) is 16.0. The number of hydrogen-bond acceptors (Lipinski definition) is 3. The molecule has 134 valence electrons. The van der Waals surface area contributed by atoms with Crippen LogP contribution in [0.25, 0.3) is 0 Å². The first-order chi connectivity index (χ1) is 12.4. The van der Waals surface area contributed by atoms with Crippen LogP contribution in [0.5, 0.6) is 0 Å². The number of anilines is 2. The lowest BCUT2D eigenvalue weighted by molar-refractivity contribution is -0.118. The first-order valence-corrected chi connectivity index (χ1v) is 9.27. The van der Waals surface area contributed by atoms with Crippen LogP contribution in [0.3, 0.4) is 0 Å². The highest BCUT2D eigenvalue weighted by molar-refractivity contribution is 6.01. The number of nitrogens with one attached hydrogen (secondary N) is 1. The maximum absolute atomic E-state index is 13.2. The highest BCUT2D eigenvalue weighted by atomic mass is 16.1. The number of benzene rings is 2. The fourth-order valence-corrected chi connectivity index (χ4v) is 4.28. The van der Waals surface area contributed by atoms with E-state index in [9.17, 15) is 4.79 Å². The van der Waals surface area contributed by atoms with Crippen molar-refractivity contribution in [1.82, 2.24) is 0 Å². The maximum atomic E-state index is 13.2. The summed E-state index contributed by atoms with van der Waals surface area (Å²) in [4.78, 5) is 15.5. The summed E-state index contributed by atoms with van der Waals surface area (Å²) in [5, 5.41) is 3.61. The average Bonchev–Trinajstić information content (AvgIpc) is 2.69. The van der Waals surface area contributed by atoms with Crippen molar-refractivity contribution in [3.8, 4) is 0 Å². The third-order valence-electron chi connectivity index (χ3n) is 5.54. The van der Waals surface area contributed by atoms with Crippen LogP contribution in [0.15, 0.2) is 59.8 Å². The number of carbonyl (C=O) groups excluding carboxylic acids is 1. The minimum atomic E-state index is -0.0645. The molecule has 2 aromatic carbocycles. The summed E-state index contributed by atoms with van der Waals surface area (Å²) >= 11 is 0. The van der Waals surface area contributed by atoms with E-state index in [2.05, 4.69) is 80.5 Å². The number of allylic oxidation sites excluding steroid dienone is 1. The van der Waals surface area contributed by atoms with Gasteiger partial charge in [0.1, 0.15) is 0 Å². The Morgan fingerprint density at radius 2 is 1.73 bits per heavy atom. The van der Waals surface area contributed by atoms with Crippen molar-refractivity contribution >= 4 is 17.2 Å². The van der Waals surface area contributed by atoms with Gasteiger partial charge in [0.15, 0.2) is 5.78 Å². The first kappa shape index (κ1) is 16.9. The molecule has 0 fully saturated rings. The number of fused-ring (bicyclic) bond motifs is 1. The molecule has 1 atom stereocenters. The van der Waals surface area contributed by atoms with Gasteiger partial charge in [0, 0.05) is 24.7 Å². The van der Waals surface area contributed by atoms with E-state index in [0.717, 1.165) is 34.6 Å². The number of nitrogens with zero attached hydrogens (tertiary/aromatic N) is 1. The van der Waals surface area contributed by atoms with Crippen LogP contribution in [0.4, 0.5) is 11.4 Å². The van der Waals surface area contributed by atoms with Gasteiger partial charge in [-0.3, -0.25) is 4.79 Å². The number of hydrogen-bond donors (Lipinski definition) is 1. The lowest BCUT2D eigenvalue weighted by Gasteiger charge is -2.36. The molecule has 0 bridgehead atoms. The molecule has 0 spiro atoms. The first-order valence-electron chi connectivity index (χ1n) is 9.27. The SMILES string of the molecule is Cc1ccc(C2C3=C(CC(C)(C)CC3=O)Nc3ccccc3N2C)cc1. The molecule has 4 rings (SSSR count). The number of aryl methyl sites for hydroxylation is 1. The highest BCUT2D eigenvalue weighted by Gasteiger charge is 2.40. The van der Waals surface area contributed by atoms with Crippen molar-refractivity contribution in [1.29, 1.82) is 0 Å². The third-order valence-corrected chi connectivity index (χ3v) is 5.54. The van der Waals surface area contributed by atoms with E-state index < -0.39 is 0 Å². The summed E-state index contributed by atoms with van der Waals surface area (Å²) in [7, 11) is 2.09. The fourth-order valence-electron chi connectivity index (χ4n) is 4.28. The monoisotopic (exact) mass is 346 g/mol. The number of ketones is 1. The van der Waals surface area contributed by atoms with E-state index in [1.54, 1.807) is 0 Å². The van der Waals surface area contributed by atoms with E-state index in [4.69, 9.17) is 0 Å². The molecule has 0 amide bonds. The molecular formula is C23H26N2O. The summed E-state index contributed by atoms with van der Waals surface area (Å²) in [6.07, 6.45) is 1.48. The predicted octanol–water partition coefficient (Wildman–Crippen LogP) is 5.24. The van der Waals surface area contributed by atoms with E-state index in [1.165, 1.54) is 5.56 Å². The van der Waals surface area contributed by atoms with Crippen molar-refractivity contribution in [3.05, 3.63) is 70.9 Å². The molecule has 0 aromatic heterocycles. The topological polar surface area (TPSA) is 32.3 Å². The zero-order valence-electron chi connectivity index (χ0n) is 16.0. The van der Waals surface area contributed by atoms with Crippen molar-refractivity contribution in [2.45, 2.75) is 39.7 Å². The molecule has 1 aliphatic carbocycles. The molecule has 1 unspecified atom stereocenters. The molecular weight excluding hydrogens is 320 g/mol. The number of Topliss-reactive ketones (excluding diaryl/α,β-unsaturated/α-hetero) is 1. The molecule has 3 heteroatoms. The second-order valence-corrected chi connectivity index (χ2v) is 8.40. The number of rotatable bonds is 1. The molecule has 0 saturated heterocycles. The Balaban J connectivity index is 1.93. The molecule has 3 nitrogen and oxygen atoms in total. The number of likely N-dealkylation sites (N-methyl/N-ethyl adjacent to an activating group) is 1. The minimum Gasteiger partial charge on any atom is -0.362 e. The Hall–Kier alpha value is -2.55. The Labute approximate surface area is 155 Å². The Bertz CT molecular complexity index is 893. The van der Waals surface area contributed by atoms with Crippen LogP contribution in [-0.2, 0) is 4.79 Å². The van der Waals surface area contributed by atoms with Gasteiger partial charge in [0.05, 0.1) is 17.4 Å². The average molecular weight is 346 g/mol. The number of carbonyl (C=O) groups is 1. The lowest BCUT2D eigenvalue weighted by atomic mass is 9.73. The second-order valence-electron chi connectivity index (χ2n) is 8.40. The van der Waals surface area contributed by atoms with Crippen LogP contribution >= 0.6 is 0 Å². The summed E-state index contributed by atoms with van der Waals surface area (Å²) in [5.41, 5.74) is 6.57. The van der Waals surface area contributed by atoms with Gasteiger partial charge in [0.2, 0.25) is 0 Å². The van der Waals surface area contributed by atoms with E-state index in [1.807, 2.05) is 6.07 Å². The predicted molar refractivity (Wildman–Crippen MR) is 107 cm³/mol. The molecule has 1 N–H and O–H groups in total. The Morgan fingerprint density at radius 3 is 2.46 bits per heavy atom. The summed E-state index contributed by atoms with van der Waals surface area (Å²) in [6, 6.07) is 16.8. The molecule has 0 radical (unpaired) electrons. The molecule has 1 heterocycles. The zero-order chi connectivity index (χ0) is 18.5. The third kappa shape index (κ3) is 2.82. The quantitative estimate of drug-likeness (QED) is 0.766. The largest absolute Gasteiger partial charge is 0.362 e. The lowest BCUT2D eigenvalue weighted by Crippen LogP contribution is -2.34. The molecule has 1 aliphatic heterocycles. The molecule has 26 heavy (non-hydrogen) atoms. The van der Waals surface area contributed by atoms with Gasteiger partial charge in [-0.05, 0) is 36.5 Å². The van der Waals surface area contributed by atoms with Crippen LogP contribution in [0.2, 0.25) is 0 Å². The normalized spacial score (nSPS) is 21.6. The van der Waals surface area contributed by atoms with Crippen LogP contribution < -0.4 is 10.2 Å². The molecule has 0 saturated carbocycles. The van der Waals surface area contributed by atoms with Crippen LogP contribution in [0.1, 0.15) is 43.9 Å². The highest BCUT2D eigenvalue weighted by Crippen LogP contribution is 2.47. The van der Waals surface area contributed by atoms with Crippen molar-refractivity contribution in [2.24, 2.45) is 5.41 Å². The van der Waals surface area contributed by atoms with Crippen LogP contribution in [0, 0.1) is 12.3 Å². The maximum Gasteiger partial charge on any atom is 0.163 e. The van der Waals surface area contributed by atoms with Crippen LogP contribution in [-0.4, -0.2) is 12.8 Å². The van der Waals surface area contributed by atoms with E-state index in [-0.39, 0.29) is 17.2 Å². The Kier molecular flexibility index (Phi) is 3.91. The molecule has 2 aliphatic rings. The van der Waals surface area contributed by atoms with Gasteiger partial charge in [-0.2, -0.15) is 0 Å². The van der Waals surface area contributed by atoms with Gasteiger partial charge in [-0.1, -0.05) is 55.8 Å². The van der Waals surface area contributed by atoms with Gasteiger partial charge in [0.25, 0.3) is 0 Å². The summed E-state index contributed by atoms with van der Waals surface area (Å²) in [6.45, 7) is 6.45. The van der Waals surface area contributed by atoms with Gasteiger partial charge >= 0.3 is 0 Å².